The molecule has 0 saturated carbocycles. The Labute approximate surface area is 147 Å². The van der Waals surface area contributed by atoms with Crippen molar-refractivity contribution in [3.63, 3.8) is 0 Å². The molecule has 0 fully saturated rings. The first-order valence-electron chi connectivity index (χ1n) is 8.52. The Balaban J connectivity index is 1.83. The third-order valence-electron chi connectivity index (χ3n) is 4.67. The van der Waals surface area contributed by atoms with Gasteiger partial charge >= 0.3 is 0 Å². The third-order valence-corrected chi connectivity index (χ3v) is 4.67. The number of aromatic amines is 1. The lowest BCUT2D eigenvalue weighted by molar-refractivity contribution is 0.243. The van der Waals surface area contributed by atoms with Gasteiger partial charge in [0.25, 0.3) is 0 Å². The van der Waals surface area contributed by atoms with E-state index < -0.39 is 0 Å². The molecule has 3 rings (SSSR count). The molecule has 25 heavy (non-hydrogen) atoms. The van der Waals surface area contributed by atoms with E-state index in [9.17, 15) is 5.11 Å². The minimum atomic E-state index is -0.142. The van der Waals surface area contributed by atoms with Crippen molar-refractivity contribution in [3.05, 3.63) is 53.8 Å². The summed E-state index contributed by atoms with van der Waals surface area (Å²) in [5.74, 6) is 0.780. The number of tetrazole rings is 1. The normalized spacial score (nSPS) is 16.7. The summed E-state index contributed by atoms with van der Waals surface area (Å²) in [6.45, 7) is 9.63. The van der Waals surface area contributed by atoms with E-state index in [4.69, 9.17) is 0 Å². The summed E-state index contributed by atoms with van der Waals surface area (Å²) in [7, 11) is 0. The molecule has 3 N–H and O–H groups in total. The number of hydrogen-bond acceptors (Lipinski definition) is 6. The lowest BCUT2D eigenvalue weighted by Crippen LogP contribution is -2.23. The van der Waals surface area contributed by atoms with Crippen molar-refractivity contribution in [2.45, 2.75) is 26.2 Å². The van der Waals surface area contributed by atoms with E-state index in [0.717, 1.165) is 24.3 Å². The van der Waals surface area contributed by atoms with E-state index in [1.807, 2.05) is 12.3 Å². The quantitative estimate of drug-likeness (QED) is 0.669. The first-order chi connectivity index (χ1) is 12.1. The maximum atomic E-state index is 10.1. The molecule has 2 atom stereocenters. The summed E-state index contributed by atoms with van der Waals surface area (Å²) >= 11 is 0. The number of allylic oxidation sites excluding steroid dienone is 1. The molecule has 0 amide bonds. The van der Waals surface area contributed by atoms with Crippen molar-refractivity contribution in [2.24, 2.45) is 11.8 Å². The van der Waals surface area contributed by atoms with Crippen LogP contribution in [0.1, 0.15) is 36.8 Å². The summed E-state index contributed by atoms with van der Waals surface area (Å²) in [5, 5.41) is 27.7. The maximum Gasteiger partial charge on any atom is 0.152 e. The van der Waals surface area contributed by atoms with Gasteiger partial charge in [0.2, 0.25) is 0 Å². The standard InChI is InChI=1S/C18H24N6O/c1-11(2)17(12(3)25)15(18-21-23-24-22-18)8-13-4-5-16(20-9-13)14-6-7-19-10-14/h4-6,9,11,15,17,19,25H,3,7-8,10H2,1-2H3,(H,21,22,23,24)/t15-,17+/m0/s1. The Hall–Kier alpha value is -2.54. The summed E-state index contributed by atoms with van der Waals surface area (Å²) in [6.07, 6.45) is 4.72. The summed E-state index contributed by atoms with van der Waals surface area (Å²) < 4.78 is 0. The Kier molecular flexibility index (Phi) is 5.23. The van der Waals surface area contributed by atoms with Crippen LogP contribution in [0.25, 0.3) is 5.57 Å². The highest BCUT2D eigenvalue weighted by molar-refractivity contribution is 5.66. The average molecular weight is 340 g/mol. The minimum absolute atomic E-state index is 0.0903. The number of pyridine rings is 1. The number of aliphatic hydroxyl groups excluding tert-OH is 1. The van der Waals surface area contributed by atoms with Crippen molar-refractivity contribution in [1.82, 2.24) is 30.9 Å². The molecule has 0 unspecified atom stereocenters. The molecule has 7 nitrogen and oxygen atoms in total. The Bertz CT molecular complexity index is 735. The van der Waals surface area contributed by atoms with Gasteiger partial charge in [-0.2, -0.15) is 0 Å². The van der Waals surface area contributed by atoms with E-state index in [-0.39, 0.29) is 23.5 Å². The fraction of sp³-hybridized carbons (Fsp3) is 0.444. The number of nitrogens with one attached hydrogen (secondary N) is 2. The Morgan fingerprint density at radius 1 is 1.36 bits per heavy atom. The highest BCUT2D eigenvalue weighted by Crippen LogP contribution is 2.35. The smallest absolute Gasteiger partial charge is 0.152 e. The summed E-state index contributed by atoms with van der Waals surface area (Å²) in [6, 6.07) is 4.12. The van der Waals surface area contributed by atoms with Gasteiger partial charge in [-0.05, 0) is 40.0 Å². The molecule has 2 aromatic heterocycles. The molecule has 0 radical (unpaired) electrons. The fourth-order valence-electron chi connectivity index (χ4n) is 3.46. The molecule has 3 heterocycles. The van der Waals surface area contributed by atoms with Crippen LogP contribution in [-0.2, 0) is 6.42 Å². The maximum absolute atomic E-state index is 10.1. The zero-order valence-electron chi connectivity index (χ0n) is 14.6. The van der Waals surface area contributed by atoms with Crippen molar-refractivity contribution in [2.75, 3.05) is 13.1 Å². The molecular formula is C18H24N6O. The predicted octanol–water partition coefficient (Wildman–Crippen LogP) is 2.25. The van der Waals surface area contributed by atoms with Crippen molar-refractivity contribution >= 4 is 5.57 Å². The van der Waals surface area contributed by atoms with Crippen molar-refractivity contribution in [1.29, 1.82) is 0 Å². The van der Waals surface area contributed by atoms with Crippen LogP contribution in [-0.4, -0.2) is 43.8 Å². The predicted molar refractivity (Wildman–Crippen MR) is 95.8 cm³/mol. The lowest BCUT2D eigenvalue weighted by atomic mass is 9.78. The SMILES string of the molecule is C=C(O)[C@@H](C(C)C)[C@H](Cc1ccc(C2=CCNC2)nc1)c1nnn[nH]1. The molecule has 1 aliphatic heterocycles. The van der Waals surface area contributed by atoms with Gasteiger partial charge < -0.3 is 10.4 Å². The van der Waals surface area contributed by atoms with Crippen LogP contribution in [0, 0.1) is 11.8 Å². The molecule has 132 valence electrons. The zero-order valence-corrected chi connectivity index (χ0v) is 14.6. The molecule has 0 aliphatic carbocycles. The second kappa shape index (κ2) is 7.57. The minimum Gasteiger partial charge on any atom is -0.513 e. The van der Waals surface area contributed by atoms with Gasteiger partial charge in [-0.1, -0.05) is 32.6 Å². The van der Waals surface area contributed by atoms with E-state index in [1.165, 1.54) is 5.57 Å². The topological polar surface area (TPSA) is 99.6 Å². The number of nitrogens with zero attached hydrogens (tertiary/aromatic N) is 4. The largest absolute Gasteiger partial charge is 0.513 e. The van der Waals surface area contributed by atoms with Gasteiger partial charge in [0, 0.05) is 31.1 Å². The fourth-order valence-corrected chi connectivity index (χ4v) is 3.46. The Morgan fingerprint density at radius 2 is 2.20 bits per heavy atom. The molecular weight excluding hydrogens is 316 g/mol. The van der Waals surface area contributed by atoms with E-state index in [1.54, 1.807) is 0 Å². The number of rotatable bonds is 7. The van der Waals surface area contributed by atoms with Crippen LogP contribution in [0.2, 0.25) is 0 Å². The van der Waals surface area contributed by atoms with Crippen LogP contribution in [0.5, 0.6) is 0 Å². The molecule has 1 aliphatic rings. The summed E-state index contributed by atoms with van der Waals surface area (Å²) in [4.78, 5) is 4.59. The molecule has 0 saturated heterocycles. The van der Waals surface area contributed by atoms with Crippen molar-refractivity contribution < 1.29 is 5.11 Å². The number of aliphatic hydroxyl groups is 1. The molecule has 0 aromatic carbocycles. The zero-order chi connectivity index (χ0) is 17.8. The van der Waals surface area contributed by atoms with Gasteiger partial charge in [-0.3, -0.25) is 4.98 Å². The van der Waals surface area contributed by atoms with Gasteiger partial charge in [-0.25, -0.2) is 5.10 Å². The number of hydrogen-bond donors (Lipinski definition) is 3. The van der Waals surface area contributed by atoms with Crippen LogP contribution in [0.3, 0.4) is 0 Å². The molecule has 0 bridgehead atoms. The summed E-state index contributed by atoms with van der Waals surface area (Å²) in [5.41, 5.74) is 3.30. The van der Waals surface area contributed by atoms with Gasteiger partial charge in [0.1, 0.15) is 0 Å². The second-order valence-corrected chi connectivity index (χ2v) is 6.77. The van der Waals surface area contributed by atoms with Crippen LogP contribution in [0.15, 0.2) is 36.7 Å². The van der Waals surface area contributed by atoms with Crippen LogP contribution < -0.4 is 5.32 Å². The monoisotopic (exact) mass is 340 g/mol. The van der Waals surface area contributed by atoms with Crippen molar-refractivity contribution in [3.8, 4) is 0 Å². The van der Waals surface area contributed by atoms with Gasteiger partial charge in [0.15, 0.2) is 5.82 Å². The molecule has 0 spiro atoms. The van der Waals surface area contributed by atoms with E-state index in [2.05, 4.69) is 63.5 Å². The number of H-pyrrole nitrogens is 1. The second-order valence-electron chi connectivity index (χ2n) is 6.77. The van der Waals surface area contributed by atoms with Crippen LogP contribution in [0.4, 0.5) is 0 Å². The molecule has 7 heteroatoms. The molecule has 2 aromatic rings. The first kappa shape index (κ1) is 17.3. The Morgan fingerprint density at radius 3 is 2.72 bits per heavy atom. The number of aromatic nitrogens is 5. The third kappa shape index (κ3) is 3.93. The van der Waals surface area contributed by atoms with Crippen LogP contribution >= 0.6 is 0 Å². The van der Waals surface area contributed by atoms with E-state index in [0.29, 0.717) is 12.2 Å². The van der Waals surface area contributed by atoms with Gasteiger partial charge in [0.05, 0.1) is 11.5 Å². The van der Waals surface area contributed by atoms with E-state index >= 15 is 0 Å². The first-order valence-corrected chi connectivity index (χ1v) is 8.52. The average Bonchev–Trinajstić information content (AvgIpc) is 3.28. The highest BCUT2D eigenvalue weighted by atomic mass is 16.3. The van der Waals surface area contributed by atoms with Gasteiger partial charge in [-0.15, -0.1) is 5.10 Å². The highest BCUT2D eigenvalue weighted by Gasteiger charge is 2.31. The lowest BCUT2D eigenvalue weighted by Gasteiger charge is -2.27.